The number of benzene rings is 1. The van der Waals surface area contributed by atoms with Crippen LogP contribution in [-0.4, -0.2) is 17.9 Å². The van der Waals surface area contributed by atoms with Crippen LogP contribution in [0.2, 0.25) is 0 Å². The Morgan fingerprint density at radius 2 is 2.00 bits per heavy atom. The van der Waals surface area contributed by atoms with Crippen molar-refractivity contribution in [2.75, 3.05) is 11.4 Å². The van der Waals surface area contributed by atoms with Crippen LogP contribution in [0.1, 0.15) is 5.56 Å². The zero-order valence-electron chi connectivity index (χ0n) is 9.34. The first kappa shape index (κ1) is 10.0. The fourth-order valence-electron chi connectivity index (χ4n) is 2.30. The topological polar surface area (TPSA) is 33.2 Å². The van der Waals surface area contributed by atoms with Gasteiger partial charge in [0.25, 0.3) is 0 Å². The second-order valence-corrected chi connectivity index (χ2v) is 4.08. The van der Waals surface area contributed by atoms with E-state index in [9.17, 15) is 4.79 Å². The number of carbonyl (C=O) groups excluding carboxylic acids is 1. The molecule has 2 aromatic rings. The van der Waals surface area contributed by atoms with Crippen molar-refractivity contribution in [3.8, 4) is 11.1 Å². The molecule has 3 heteroatoms. The third-order valence-corrected chi connectivity index (χ3v) is 3.12. The van der Waals surface area contributed by atoms with Gasteiger partial charge < -0.3 is 0 Å². The Kier molecular flexibility index (Phi) is 2.37. The maximum Gasteiger partial charge on any atom is 0.215 e. The molecule has 1 aromatic heterocycles. The van der Waals surface area contributed by atoms with Crippen LogP contribution in [0.15, 0.2) is 42.6 Å². The number of hydrogen-bond donors (Lipinski definition) is 0. The quantitative estimate of drug-likeness (QED) is 0.733. The van der Waals surface area contributed by atoms with E-state index in [4.69, 9.17) is 0 Å². The van der Waals surface area contributed by atoms with Gasteiger partial charge >= 0.3 is 0 Å². The molecule has 3 nitrogen and oxygen atoms in total. The van der Waals surface area contributed by atoms with E-state index in [1.165, 1.54) is 16.7 Å². The van der Waals surface area contributed by atoms with Crippen LogP contribution in [0.5, 0.6) is 0 Å². The zero-order chi connectivity index (χ0) is 11.7. The number of pyridine rings is 1. The van der Waals surface area contributed by atoms with Crippen LogP contribution >= 0.6 is 0 Å². The van der Waals surface area contributed by atoms with E-state index < -0.39 is 0 Å². The van der Waals surface area contributed by atoms with Gasteiger partial charge in [-0.15, -0.1) is 0 Å². The first-order valence-corrected chi connectivity index (χ1v) is 5.65. The standard InChI is InChI=1S/C14H12N2O/c17-10-16-9-7-13-12(6-8-15-14(13)16)11-4-2-1-3-5-11/h1-6,8,10H,7,9H2. The number of aromatic nitrogens is 1. The van der Waals surface area contributed by atoms with Crippen molar-refractivity contribution in [1.29, 1.82) is 0 Å². The molecule has 0 atom stereocenters. The van der Waals surface area contributed by atoms with Crippen LogP contribution in [-0.2, 0) is 11.2 Å². The van der Waals surface area contributed by atoms with E-state index in [0.717, 1.165) is 25.2 Å². The number of hydrogen-bond acceptors (Lipinski definition) is 2. The molecule has 0 saturated carbocycles. The van der Waals surface area contributed by atoms with Gasteiger partial charge in [-0.1, -0.05) is 30.3 Å². The molecular formula is C14H12N2O. The molecule has 1 aliphatic heterocycles. The van der Waals surface area contributed by atoms with Gasteiger partial charge in [-0.25, -0.2) is 4.98 Å². The highest BCUT2D eigenvalue weighted by molar-refractivity contribution is 5.82. The van der Waals surface area contributed by atoms with Crippen molar-refractivity contribution in [2.24, 2.45) is 0 Å². The van der Waals surface area contributed by atoms with Gasteiger partial charge in [0.1, 0.15) is 5.82 Å². The van der Waals surface area contributed by atoms with E-state index in [2.05, 4.69) is 17.1 Å². The van der Waals surface area contributed by atoms with E-state index in [1.807, 2.05) is 24.3 Å². The molecule has 84 valence electrons. The molecule has 1 aliphatic rings. The fraction of sp³-hybridized carbons (Fsp3) is 0.143. The van der Waals surface area contributed by atoms with Crippen LogP contribution in [0.3, 0.4) is 0 Å². The molecule has 0 unspecified atom stereocenters. The lowest BCUT2D eigenvalue weighted by Gasteiger charge is -2.10. The molecule has 0 radical (unpaired) electrons. The maximum atomic E-state index is 10.9. The second-order valence-electron chi connectivity index (χ2n) is 4.08. The van der Waals surface area contributed by atoms with E-state index in [-0.39, 0.29) is 0 Å². The van der Waals surface area contributed by atoms with Crippen LogP contribution in [0, 0.1) is 0 Å². The number of carbonyl (C=O) groups is 1. The second kappa shape index (κ2) is 4.01. The van der Waals surface area contributed by atoms with Crippen molar-refractivity contribution in [1.82, 2.24) is 4.98 Å². The summed E-state index contributed by atoms with van der Waals surface area (Å²) in [7, 11) is 0. The third kappa shape index (κ3) is 1.60. The van der Waals surface area contributed by atoms with Gasteiger partial charge in [-0.3, -0.25) is 9.69 Å². The van der Waals surface area contributed by atoms with Gasteiger partial charge in [-0.2, -0.15) is 0 Å². The largest absolute Gasteiger partial charge is 0.299 e. The first-order valence-electron chi connectivity index (χ1n) is 5.65. The Labute approximate surface area is 99.7 Å². The molecule has 0 N–H and O–H groups in total. The molecule has 0 bridgehead atoms. The van der Waals surface area contributed by atoms with Crippen molar-refractivity contribution in [3.05, 3.63) is 48.2 Å². The molecule has 0 fully saturated rings. The van der Waals surface area contributed by atoms with Gasteiger partial charge in [-0.05, 0) is 23.6 Å². The van der Waals surface area contributed by atoms with Gasteiger partial charge in [0.15, 0.2) is 0 Å². The van der Waals surface area contributed by atoms with Gasteiger partial charge in [0.2, 0.25) is 6.41 Å². The smallest absolute Gasteiger partial charge is 0.215 e. The summed E-state index contributed by atoms with van der Waals surface area (Å²) in [4.78, 5) is 16.9. The normalized spacial score (nSPS) is 13.5. The molecule has 17 heavy (non-hydrogen) atoms. The van der Waals surface area contributed by atoms with Crippen LogP contribution in [0.4, 0.5) is 5.82 Å². The average Bonchev–Trinajstić information content (AvgIpc) is 2.82. The zero-order valence-corrected chi connectivity index (χ0v) is 9.34. The summed E-state index contributed by atoms with van der Waals surface area (Å²) in [5.74, 6) is 0.807. The van der Waals surface area contributed by atoms with Crippen LogP contribution in [0.25, 0.3) is 11.1 Å². The summed E-state index contributed by atoms with van der Waals surface area (Å²) in [5, 5.41) is 0. The Morgan fingerprint density at radius 1 is 1.18 bits per heavy atom. The van der Waals surface area contributed by atoms with E-state index >= 15 is 0 Å². The molecule has 1 aromatic carbocycles. The lowest BCUT2D eigenvalue weighted by atomic mass is 10.0. The third-order valence-electron chi connectivity index (χ3n) is 3.12. The Bertz CT molecular complexity index is 551. The summed E-state index contributed by atoms with van der Waals surface area (Å²) in [6.07, 6.45) is 3.50. The average molecular weight is 224 g/mol. The molecule has 0 saturated heterocycles. The van der Waals surface area contributed by atoms with Gasteiger partial charge in [0, 0.05) is 18.3 Å². The molecule has 3 rings (SSSR count). The molecule has 2 heterocycles. The number of nitrogens with zero attached hydrogens (tertiary/aromatic N) is 2. The van der Waals surface area contributed by atoms with Crippen molar-refractivity contribution >= 4 is 12.2 Å². The monoisotopic (exact) mass is 224 g/mol. The predicted molar refractivity (Wildman–Crippen MR) is 66.8 cm³/mol. The summed E-state index contributed by atoms with van der Waals surface area (Å²) in [6.45, 7) is 0.732. The fourth-order valence-corrected chi connectivity index (χ4v) is 2.30. The minimum absolute atomic E-state index is 0.732. The van der Waals surface area contributed by atoms with E-state index in [1.54, 1.807) is 11.1 Å². The maximum absolute atomic E-state index is 10.9. The summed E-state index contributed by atoms with van der Waals surface area (Å²) in [6, 6.07) is 12.2. The summed E-state index contributed by atoms with van der Waals surface area (Å²) < 4.78 is 0. The van der Waals surface area contributed by atoms with Crippen LogP contribution < -0.4 is 4.90 Å². The number of fused-ring (bicyclic) bond motifs is 1. The SMILES string of the molecule is O=CN1CCc2c(-c3ccccc3)ccnc21. The number of amides is 1. The molecule has 1 amide bonds. The number of anilines is 1. The van der Waals surface area contributed by atoms with Gasteiger partial charge in [0.05, 0.1) is 0 Å². The number of rotatable bonds is 2. The lowest BCUT2D eigenvalue weighted by Crippen LogP contribution is -2.18. The highest BCUT2D eigenvalue weighted by Crippen LogP contribution is 2.33. The molecule has 0 spiro atoms. The summed E-state index contributed by atoms with van der Waals surface area (Å²) >= 11 is 0. The van der Waals surface area contributed by atoms with Crippen molar-refractivity contribution in [3.63, 3.8) is 0 Å². The molecule has 0 aliphatic carbocycles. The predicted octanol–water partition coefficient (Wildman–Crippen LogP) is 2.27. The lowest BCUT2D eigenvalue weighted by molar-refractivity contribution is -0.107. The highest BCUT2D eigenvalue weighted by atomic mass is 16.1. The molecular weight excluding hydrogens is 212 g/mol. The minimum Gasteiger partial charge on any atom is -0.299 e. The Balaban J connectivity index is 2.15. The minimum atomic E-state index is 0.732. The first-order chi connectivity index (χ1) is 8.40. The highest BCUT2D eigenvalue weighted by Gasteiger charge is 2.22. The Morgan fingerprint density at radius 3 is 2.76 bits per heavy atom. The van der Waals surface area contributed by atoms with Crippen molar-refractivity contribution in [2.45, 2.75) is 6.42 Å². The van der Waals surface area contributed by atoms with Crippen molar-refractivity contribution < 1.29 is 4.79 Å². The van der Waals surface area contributed by atoms with E-state index in [0.29, 0.717) is 0 Å². The Hall–Kier alpha value is -2.16. The summed E-state index contributed by atoms with van der Waals surface area (Å²) in [5.41, 5.74) is 3.53.